The van der Waals surface area contributed by atoms with Crippen LogP contribution in [0.2, 0.25) is 0 Å². The van der Waals surface area contributed by atoms with Crippen molar-refractivity contribution in [2.24, 2.45) is 0 Å². The second kappa shape index (κ2) is 11.0. The number of amides is 3. The molecule has 0 radical (unpaired) electrons. The van der Waals surface area contributed by atoms with Crippen LogP contribution < -0.4 is 15.4 Å². The van der Waals surface area contributed by atoms with E-state index < -0.39 is 17.9 Å². The van der Waals surface area contributed by atoms with E-state index in [0.29, 0.717) is 11.3 Å². The molecule has 3 fully saturated rings. The van der Waals surface area contributed by atoms with Crippen molar-refractivity contribution >= 4 is 17.7 Å². The van der Waals surface area contributed by atoms with E-state index in [2.05, 4.69) is 10.6 Å². The number of carbonyl (C=O) groups excluding carboxylic acids is 3. The maximum atomic E-state index is 13.7. The monoisotopic (exact) mass is 455 g/mol. The van der Waals surface area contributed by atoms with Gasteiger partial charge in [0.1, 0.15) is 11.8 Å². The van der Waals surface area contributed by atoms with Crippen LogP contribution in [0, 0.1) is 0 Å². The molecular weight excluding hydrogens is 418 g/mol. The van der Waals surface area contributed by atoms with Gasteiger partial charge in [-0.05, 0) is 56.2 Å². The summed E-state index contributed by atoms with van der Waals surface area (Å²) < 4.78 is 5.29. The van der Waals surface area contributed by atoms with Gasteiger partial charge in [0.25, 0.3) is 0 Å². The Kier molecular flexibility index (Phi) is 7.89. The van der Waals surface area contributed by atoms with Crippen molar-refractivity contribution in [1.29, 1.82) is 0 Å². The fourth-order valence-corrected chi connectivity index (χ4v) is 5.69. The minimum atomic E-state index is -0.832. The first-order valence-corrected chi connectivity index (χ1v) is 12.6. The first kappa shape index (κ1) is 23.6. The molecule has 1 unspecified atom stereocenters. The Morgan fingerprint density at radius 1 is 0.818 bits per heavy atom. The topological polar surface area (TPSA) is 87.7 Å². The standard InChI is InChI=1S/C26H37N3O4/c1-33-22-16-14-18(15-17-22)23(24(30)27-19-8-2-3-9-19)29(21-12-6-7-13-21)26(32)25(31)28-20-10-4-5-11-20/h14-17,19-21,23H,2-13H2,1H3,(H,27,30)(H,28,31). The summed E-state index contributed by atoms with van der Waals surface area (Å²) in [6.45, 7) is 0. The molecular formula is C26H37N3O4. The molecule has 33 heavy (non-hydrogen) atoms. The molecule has 7 nitrogen and oxygen atoms in total. The number of hydrogen-bond donors (Lipinski definition) is 2. The van der Waals surface area contributed by atoms with E-state index in [1.807, 2.05) is 12.1 Å². The van der Waals surface area contributed by atoms with Gasteiger partial charge < -0.3 is 20.3 Å². The highest BCUT2D eigenvalue weighted by Gasteiger charge is 2.41. The first-order valence-electron chi connectivity index (χ1n) is 12.6. The molecule has 3 amide bonds. The molecule has 4 rings (SSSR count). The van der Waals surface area contributed by atoms with Crippen molar-refractivity contribution in [2.45, 2.75) is 101 Å². The van der Waals surface area contributed by atoms with Gasteiger partial charge in [0.15, 0.2) is 0 Å². The van der Waals surface area contributed by atoms with E-state index in [1.165, 1.54) is 0 Å². The lowest BCUT2D eigenvalue weighted by Crippen LogP contribution is -2.54. The Balaban J connectivity index is 1.63. The lowest BCUT2D eigenvalue weighted by molar-refractivity contribution is -0.152. The third kappa shape index (κ3) is 5.68. The Bertz CT molecular complexity index is 822. The minimum Gasteiger partial charge on any atom is -0.497 e. The summed E-state index contributed by atoms with van der Waals surface area (Å²) in [5, 5.41) is 6.12. The summed E-state index contributed by atoms with van der Waals surface area (Å²) in [5.74, 6) is -0.676. The molecule has 1 aromatic carbocycles. The molecule has 7 heteroatoms. The third-order valence-corrected chi connectivity index (χ3v) is 7.50. The molecule has 180 valence electrons. The average molecular weight is 456 g/mol. The highest BCUT2D eigenvalue weighted by atomic mass is 16.5. The second-order valence-corrected chi connectivity index (χ2v) is 9.77. The summed E-state index contributed by atoms with van der Waals surface area (Å²) in [6, 6.07) is 6.52. The molecule has 0 aromatic heterocycles. The van der Waals surface area contributed by atoms with Gasteiger partial charge in [-0.15, -0.1) is 0 Å². The molecule has 0 spiro atoms. The van der Waals surface area contributed by atoms with Crippen molar-refractivity contribution in [3.8, 4) is 5.75 Å². The third-order valence-electron chi connectivity index (χ3n) is 7.50. The number of nitrogens with one attached hydrogen (secondary N) is 2. The van der Waals surface area contributed by atoms with Crippen LogP contribution >= 0.6 is 0 Å². The van der Waals surface area contributed by atoms with Crippen LogP contribution in [0.4, 0.5) is 0 Å². The summed E-state index contributed by atoms with van der Waals surface area (Å²) in [4.78, 5) is 41.9. The van der Waals surface area contributed by atoms with Gasteiger partial charge in [0.2, 0.25) is 5.91 Å². The predicted octanol–water partition coefficient (Wildman–Crippen LogP) is 3.63. The number of hydrogen-bond acceptors (Lipinski definition) is 4. The van der Waals surface area contributed by atoms with Gasteiger partial charge in [0.05, 0.1) is 7.11 Å². The van der Waals surface area contributed by atoms with Crippen LogP contribution in [-0.2, 0) is 14.4 Å². The number of methoxy groups -OCH3 is 1. The van der Waals surface area contributed by atoms with Crippen LogP contribution in [0.25, 0.3) is 0 Å². The number of nitrogens with zero attached hydrogens (tertiary/aromatic N) is 1. The van der Waals surface area contributed by atoms with Crippen molar-refractivity contribution in [1.82, 2.24) is 15.5 Å². The summed E-state index contributed by atoms with van der Waals surface area (Å²) in [5.41, 5.74) is 0.709. The number of carbonyl (C=O) groups is 3. The fraction of sp³-hybridized carbons (Fsp3) is 0.654. The smallest absolute Gasteiger partial charge is 0.313 e. The van der Waals surface area contributed by atoms with Crippen molar-refractivity contribution < 1.29 is 19.1 Å². The van der Waals surface area contributed by atoms with E-state index in [1.54, 1.807) is 24.1 Å². The Hall–Kier alpha value is -2.57. The molecule has 3 aliphatic rings. The summed E-state index contributed by atoms with van der Waals surface area (Å²) in [7, 11) is 1.60. The van der Waals surface area contributed by atoms with Crippen molar-refractivity contribution in [3.05, 3.63) is 29.8 Å². The van der Waals surface area contributed by atoms with Crippen LogP contribution in [0.1, 0.15) is 88.7 Å². The van der Waals surface area contributed by atoms with Gasteiger partial charge in [-0.2, -0.15) is 0 Å². The van der Waals surface area contributed by atoms with E-state index >= 15 is 0 Å². The van der Waals surface area contributed by atoms with Crippen LogP contribution in [-0.4, -0.2) is 47.9 Å². The van der Waals surface area contributed by atoms with Gasteiger partial charge in [-0.25, -0.2) is 0 Å². The largest absolute Gasteiger partial charge is 0.497 e. The van der Waals surface area contributed by atoms with Crippen molar-refractivity contribution in [2.75, 3.05) is 7.11 Å². The van der Waals surface area contributed by atoms with Crippen LogP contribution in [0.15, 0.2) is 24.3 Å². The maximum Gasteiger partial charge on any atom is 0.313 e. The zero-order valence-corrected chi connectivity index (χ0v) is 19.7. The SMILES string of the molecule is COc1ccc(C(C(=O)NC2CCCC2)N(C(=O)C(=O)NC2CCCC2)C2CCCC2)cc1. The zero-order valence-electron chi connectivity index (χ0n) is 19.7. The maximum absolute atomic E-state index is 13.7. The second-order valence-electron chi connectivity index (χ2n) is 9.77. The molecule has 0 saturated heterocycles. The van der Waals surface area contributed by atoms with E-state index in [4.69, 9.17) is 4.74 Å². The molecule has 2 N–H and O–H groups in total. The quantitative estimate of drug-likeness (QED) is 0.615. The molecule has 1 aromatic rings. The van der Waals surface area contributed by atoms with Gasteiger partial charge >= 0.3 is 11.8 Å². The average Bonchev–Trinajstić information content (AvgIpc) is 3.61. The van der Waals surface area contributed by atoms with Crippen LogP contribution in [0.3, 0.4) is 0 Å². The first-order chi connectivity index (χ1) is 16.1. The lowest BCUT2D eigenvalue weighted by Gasteiger charge is -2.36. The highest BCUT2D eigenvalue weighted by Crippen LogP contribution is 2.33. The molecule has 3 aliphatic carbocycles. The molecule has 3 saturated carbocycles. The summed E-state index contributed by atoms with van der Waals surface area (Å²) >= 11 is 0. The van der Waals surface area contributed by atoms with Crippen molar-refractivity contribution in [3.63, 3.8) is 0 Å². The molecule has 0 aliphatic heterocycles. The molecule has 0 heterocycles. The van der Waals surface area contributed by atoms with Gasteiger partial charge in [-0.1, -0.05) is 50.7 Å². The van der Waals surface area contributed by atoms with Gasteiger partial charge in [0, 0.05) is 18.1 Å². The molecule has 0 bridgehead atoms. The zero-order chi connectivity index (χ0) is 23.2. The lowest BCUT2D eigenvalue weighted by atomic mass is 10.00. The number of ether oxygens (including phenoxy) is 1. The normalized spacial score (nSPS) is 20.5. The van der Waals surface area contributed by atoms with Crippen LogP contribution in [0.5, 0.6) is 5.75 Å². The Morgan fingerprint density at radius 3 is 1.88 bits per heavy atom. The highest BCUT2D eigenvalue weighted by molar-refractivity contribution is 6.35. The van der Waals surface area contributed by atoms with E-state index in [0.717, 1.165) is 77.0 Å². The molecule has 1 atom stereocenters. The number of rotatable bonds is 7. The number of benzene rings is 1. The Labute approximate surface area is 196 Å². The predicted molar refractivity (Wildman–Crippen MR) is 126 cm³/mol. The van der Waals surface area contributed by atoms with E-state index in [9.17, 15) is 14.4 Å². The minimum absolute atomic E-state index is 0.0543. The van der Waals surface area contributed by atoms with Gasteiger partial charge in [-0.3, -0.25) is 14.4 Å². The fourth-order valence-electron chi connectivity index (χ4n) is 5.69. The summed E-state index contributed by atoms with van der Waals surface area (Å²) in [6.07, 6.45) is 11.7. The Morgan fingerprint density at radius 2 is 1.33 bits per heavy atom. The van der Waals surface area contributed by atoms with E-state index in [-0.39, 0.29) is 24.0 Å².